The van der Waals surface area contributed by atoms with Gasteiger partial charge in [0.1, 0.15) is 0 Å². The van der Waals surface area contributed by atoms with Crippen molar-refractivity contribution >= 4 is 5.91 Å². The number of nitrogens with one attached hydrogen (secondary N) is 1. The van der Waals surface area contributed by atoms with Crippen molar-refractivity contribution in [2.75, 3.05) is 19.7 Å². The molecular weight excluding hydrogens is 240 g/mol. The molecule has 2 aliphatic rings. The van der Waals surface area contributed by atoms with Crippen LogP contribution < -0.4 is 11.1 Å². The van der Waals surface area contributed by atoms with E-state index < -0.39 is 0 Å². The Hall–Kier alpha value is -0.610. The molecule has 19 heavy (non-hydrogen) atoms. The second-order valence-electron chi connectivity index (χ2n) is 6.82. The van der Waals surface area contributed by atoms with E-state index >= 15 is 0 Å². The molecule has 110 valence electrons. The van der Waals surface area contributed by atoms with Crippen LogP contribution in [-0.2, 0) is 4.79 Å². The summed E-state index contributed by atoms with van der Waals surface area (Å²) in [4.78, 5) is 12.5. The van der Waals surface area contributed by atoms with Crippen LogP contribution in [0.5, 0.6) is 0 Å². The minimum absolute atomic E-state index is 0.145. The van der Waals surface area contributed by atoms with Crippen LogP contribution in [0.3, 0.4) is 0 Å². The van der Waals surface area contributed by atoms with Crippen LogP contribution in [0.25, 0.3) is 0 Å². The van der Waals surface area contributed by atoms with E-state index in [0.717, 1.165) is 50.9 Å². The Bertz CT molecular complexity index is 318. The van der Waals surface area contributed by atoms with Crippen molar-refractivity contribution in [2.24, 2.45) is 22.5 Å². The number of aliphatic hydroxyl groups excluding tert-OH is 1. The largest absolute Gasteiger partial charge is 0.396 e. The third-order valence-corrected chi connectivity index (χ3v) is 5.33. The standard InChI is InChI=1S/C15H28N2O2/c1-12-2-4-15(10-16,5-3-12)13(19)17-11-14(6-7-14)8-9-18/h12,18H,2-11,16H2,1H3,(H,17,19). The van der Waals surface area contributed by atoms with Crippen molar-refractivity contribution in [2.45, 2.75) is 51.9 Å². The van der Waals surface area contributed by atoms with Crippen molar-refractivity contribution in [1.82, 2.24) is 5.32 Å². The molecule has 0 atom stereocenters. The minimum Gasteiger partial charge on any atom is -0.396 e. The van der Waals surface area contributed by atoms with Gasteiger partial charge in [-0.15, -0.1) is 0 Å². The molecule has 0 saturated heterocycles. The van der Waals surface area contributed by atoms with E-state index in [0.29, 0.717) is 13.1 Å². The van der Waals surface area contributed by atoms with Gasteiger partial charge >= 0.3 is 0 Å². The lowest BCUT2D eigenvalue weighted by Gasteiger charge is -2.37. The maximum absolute atomic E-state index is 12.5. The molecule has 2 saturated carbocycles. The molecule has 1 amide bonds. The lowest BCUT2D eigenvalue weighted by molar-refractivity contribution is -0.133. The number of aliphatic hydroxyl groups is 1. The van der Waals surface area contributed by atoms with E-state index in [-0.39, 0.29) is 23.3 Å². The minimum atomic E-state index is -0.332. The van der Waals surface area contributed by atoms with Gasteiger partial charge in [0.2, 0.25) is 5.91 Å². The molecule has 2 rings (SSSR count). The highest BCUT2D eigenvalue weighted by Crippen LogP contribution is 2.48. The van der Waals surface area contributed by atoms with Gasteiger partial charge in [-0.05, 0) is 56.3 Å². The van der Waals surface area contributed by atoms with Gasteiger partial charge in [0, 0.05) is 19.7 Å². The Morgan fingerprint density at radius 1 is 1.32 bits per heavy atom. The fourth-order valence-electron chi connectivity index (χ4n) is 3.22. The monoisotopic (exact) mass is 268 g/mol. The fourth-order valence-corrected chi connectivity index (χ4v) is 3.22. The van der Waals surface area contributed by atoms with Gasteiger partial charge in [-0.1, -0.05) is 6.92 Å². The van der Waals surface area contributed by atoms with E-state index in [1.807, 2.05) is 0 Å². The molecule has 0 spiro atoms. The summed E-state index contributed by atoms with van der Waals surface area (Å²) in [6, 6.07) is 0. The molecule has 0 unspecified atom stereocenters. The van der Waals surface area contributed by atoms with Crippen LogP contribution in [-0.4, -0.2) is 30.7 Å². The number of hydrogen-bond acceptors (Lipinski definition) is 3. The van der Waals surface area contributed by atoms with Crippen LogP contribution in [0.1, 0.15) is 51.9 Å². The Morgan fingerprint density at radius 3 is 2.42 bits per heavy atom. The number of amides is 1. The van der Waals surface area contributed by atoms with Crippen LogP contribution in [0.15, 0.2) is 0 Å². The molecule has 0 bridgehead atoms. The molecule has 4 heteroatoms. The first kappa shape index (κ1) is 14.8. The Morgan fingerprint density at radius 2 is 1.95 bits per heavy atom. The SMILES string of the molecule is CC1CCC(CN)(C(=O)NCC2(CCO)CC2)CC1. The average molecular weight is 268 g/mol. The van der Waals surface area contributed by atoms with E-state index in [1.54, 1.807) is 0 Å². The lowest BCUT2D eigenvalue weighted by Crippen LogP contribution is -2.49. The number of nitrogens with two attached hydrogens (primary N) is 1. The van der Waals surface area contributed by atoms with E-state index in [4.69, 9.17) is 10.8 Å². The van der Waals surface area contributed by atoms with Gasteiger partial charge in [-0.2, -0.15) is 0 Å². The van der Waals surface area contributed by atoms with Gasteiger partial charge in [0.25, 0.3) is 0 Å². The topological polar surface area (TPSA) is 75.4 Å². The zero-order valence-electron chi connectivity index (χ0n) is 12.1. The van der Waals surface area contributed by atoms with Gasteiger partial charge in [-0.25, -0.2) is 0 Å². The average Bonchev–Trinajstić information content (AvgIpc) is 3.18. The summed E-state index contributed by atoms with van der Waals surface area (Å²) in [5, 5.41) is 12.2. The predicted octanol–water partition coefficient (Wildman–Crippen LogP) is 1.42. The van der Waals surface area contributed by atoms with Crippen LogP contribution in [0, 0.1) is 16.7 Å². The number of hydrogen-bond donors (Lipinski definition) is 3. The van der Waals surface area contributed by atoms with E-state index in [9.17, 15) is 4.79 Å². The second kappa shape index (κ2) is 5.80. The van der Waals surface area contributed by atoms with Gasteiger partial charge in [0.15, 0.2) is 0 Å². The molecule has 2 fully saturated rings. The molecule has 4 N–H and O–H groups in total. The Labute approximate surface area is 116 Å². The molecular formula is C15H28N2O2. The second-order valence-corrected chi connectivity index (χ2v) is 6.82. The number of carbonyl (C=O) groups is 1. The lowest BCUT2D eigenvalue weighted by atomic mass is 9.70. The molecule has 0 aromatic rings. The van der Waals surface area contributed by atoms with Gasteiger partial charge in [0.05, 0.1) is 5.41 Å². The van der Waals surface area contributed by atoms with Crippen molar-refractivity contribution in [3.05, 3.63) is 0 Å². The molecule has 0 aromatic carbocycles. The summed E-state index contributed by atoms with van der Waals surface area (Å²) >= 11 is 0. The quantitative estimate of drug-likeness (QED) is 0.682. The van der Waals surface area contributed by atoms with Crippen LogP contribution >= 0.6 is 0 Å². The number of carbonyl (C=O) groups excluding carboxylic acids is 1. The molecule has 0 radical (unpaired) electrons. The molecule has 4 nitrogen and oxygen atoms in total. The van der Waals surface area contributed by atoms with Crippen molar-refractivity contribution < 1.29 is 9.90 Å². The summed E-state index contributed by atoms with van der Waals surface area (Å²) in [7, 11) is 0. The third-order valence-electron chi connectivity index (χ3n) is 5.33. The van der Waals surface area contributed by atoms with Crippen molar-refractivity contribution in [1.29, 1.82) is 0 Å². The Balaban J connectivity index is 1.87. The molecule has 0 aliphatic heterocycles. The zero-order valence-corrected chi connectivity index (χ0v) is 12.1. The highest BCUT2D eigenvalue weighted by atomic mass is 16.3. The first-order valence-corrected chi connectivity index (χ1v) is 7.65. The summed E-state index contributed by atoms with van der Waals surface area (Å²) in [5.41, 5.74) is 5.75. The van der Waals surface area contributed by atoms with E-state index in [2.05, 4.69) is 12.2 Å². The maximum atomic E-state index is 12.5. The predicted molar refractivity (Wildman–Crippen MR) is 75.5 cm³/mol. The van der Waals surface area contributed by atoms with Gasteiger partial charge in [-0.3, -0.25) is 4.79 Å². The normalized spacial score (nSPS) is 32.9. The van der Waals surface area contributed by atoms with Crippen LogP contribution in [0.2, 0.25) is 0 Å². The zero-order chi connectivity index (χ0) is 13.9. The molecule has 0 heterocycles. The highest BCUT2D eigenvalue weighted by molar-refractivity contribution is 5.83. The van der Waals surface area contributed by atoms with Gasteiger partial charge < -0.3 is 16.2 Å². The summed E-state index contributed by atoms with van der Waals surface area (Å²) in [6.07, 6.45) is 7.10. The van der Waals surface area contributed by atoms with Crippen LogP contribution in [0.4, 0.5) is 0 Å². The summed E-state index contributed by atoms with van der Waals surface area (Å²) in [6.45, 7) is 3.64. The fraction of sp³-hybridized carbons (Fsp3) is 0.933. The Kier molecular flexibility index (Phi) is 4.51. The third kappa shape index (κ3) is 3.29. The maximum Gasteiger partial charge on any atom is 0.227 e. The summed E-state index contributed by atoms with van der Waals surface area (Å²) in [5.74, 6) is 0.864. The van der Waals surface area contributed by atoms with Crippen molar-refractivity contribution in [3.63, 3.8) is 0 Å². The molecule has 0 aromatic heterocycles. The van der Waals surface area contributed by atoms with Crippen molar-refractivity contribution in [3.8, 4) is 0 Å². The smallest absolute Gasteiger partial charge is 0.227 e. The first-order valence-electron chi connectivity index (χ1n) is 7.65. The highest BCUT2D eigenvalue weighted by Gasteiger charge is 2.44. The first-order chi connectivity index (χ1) is 9.06. The van der Waals surface area contributed by atoms with E-state index in [1.165, 1.54) is 0 Å². The number of rotatable bonds is 6. The summed E-state index contributed by atoms with van der Waals surface area (Å²) < 4.78 is 0. The molecule has 2 aliphatic carbocycles.